The van der Waals surface area contributed by atoms with Crippen molar-refractivity contribution >= 4 is 5.97 Å². The molecule has 12 atom stereocenters. The summed E-state index contributed by atoms with van der Waals surface area (Å²) in [6.07, 6.45) is 22.8. The number of hydrogen-bond acceptors (Lipinski definition) is 3. The van der Waals surface area contributed by atoms with E-state index in [0.717, 1.165) is 42.9 Å². The van der Waals surface area contributed by atoms with Crippen LogP contribution in [-0.4, -0.2) is 23.3 Å². The molecule has 8 aliphatic rings. The van der Waals surface area contributed by atoms with E-state index in [0.29, 0.717) is 38.9 Å². The van der Waals surface area contributed by atoms with E-state index in [1.165, 1.54) is 96.3 Å². The van der Waals surface area contributed by atoms with Crippen LogP contribution in [0, 0.1) is 73.9 Å². The number of fused-ring (bicyclic) bond motifs is 6. The second-order valence-electron chi connectivity index (χ2n) is 20.4. The van der Waals surface area contributed by atoms with Crippen LogP contribution in [0.3, 0.4) is 0 Å². The first kappa shape index (κ1) is 29.8. The van der Waals surface area contributed by atoms with Crippen LogP contribution in [0.5, 0.6) is 0 Å². The second kappa shape index (κ2) is 9.28. The topological polar surface area (TPSA) is 46.5 Å². The molecule has 3 heteroatoms. The molecule has 8 rings (SSSR count). The third-order valence-electron chi connectivity index (χ3n) is 17.8. The smallest absolute Gasteiger partial charge is 0.309 e. The van der Waals surface area contributed by atoms with Gasteiger partial charge in [0.25, 0.3) is 0 Å². The molecule has 8 aliphatic carbocycles. The Bertz CT molecular complexity index is 1160. The molecular formula is C40H64O3. The SMILES string of the molecule is CC1(C)CCC[C@]2(C)[C@@H]1CCC13CC(CC[C@H]12)C(C(=O)OC[C@]1(O)CC24CC[C@@H]5C(C)(C)CCC[C@@]5(C)[C@@H]2CCC1C4)C3. The van der Waals surface area contributed by atoms with Gasteiger partial charge in [-0.05, 0) is 171 Å². The summed E-state index contributed by atoms with van der Waals surface area (Å²) in [6.45, 7) is 15.7. The quantitative estimate of drug-likeness (QED) is 0.332. The van der Waals surface area contributed by atoms with E-state index in [1.54, 1.807) is 0 Å². The normalized spacial score (nSPS) is 55.8. The molecule has 8 fully saturated rings. The van der Waals surface area contributed by atoms with Gasteiger partial charge in [0.1, 0.15) is 12.2 Å². The van der Waals surface area contributed by atoms with E-state index in [4.69, 9.17) is 4.74 Å². The monoisotopic (exact) mass is 592 g/mol. The maximum atomic E-state index is 14.0. The molecule has 8 saturated carbocycles. The lowest BCUT2D eigenvalue weighted by Crippen LogP contribution is -2.55. The van der Waals surface area contributed by atoms with E-state index >= 15 is 0 Å². The van der Waals surface area contributed by atoms with E-state index in [1.807, 2.05) is 0 Å². The van der Waals surface area contributed by atoms with Gasteiger partial charge in [0.15, 0.2) is 0 Å². The Morgan fingerprint density at radius 2 is 1.23 bits per heavy atom. The van der Waals surface area contributed by atoms with Gasteiger partial charge in [-0.25, -0.2) is 0 Å². The minimum absolute atomic E-state index is 0.0485. The molecule has 0 aromatic heterocycles. The zero-order valence-corrected chi connectivity index (χ0v) is 28.7. The second-order valence-corrected chi connectivity index (χ2v) is 20.4. The van der Waals surface area contributed by atoms with Crippen molar-refractivity contribution < 1.29 is 14.6 Å². The van der Waals surface area contributed by atoms with Crippen molar-refractivity contribution in [1.29, 1.82) is 0 Å². The molecule has 3 nitrogen and oxygen atoms in total. The first-order chi connectivity index (χ1) is 20.2. The third kappa shape index (κ3) is 4.03. The van der Waals surface area contributed by atoms with Crippen molar-refractivity contribution in [3.8, 4) is 0 Å². The molecule has 43 heavy (non-hydrogen) atoms. The van der Waals surface area contributed by atoms with Gasteiger partial charge in [-0.1, -0.05) is 54.4 Å². The summed E-state index contributed by atoms with van der Waals surface area (Å²) in [5.74, 6) is 4.09. The lowest BCUT2D eigenvalue weighted by atomic mass is 9.41. The fraction of sp³-hybridized carbons (Fsp3) is 0.975. The van der Waals surface area contributed by atoms with Crippen LogP contribution < -0.4 is 0 Å². The molecule has 242 valence electrons. The summed E-state index contributed by atoms with van der Waals surface area (Å²) < 4.78 is 6.32. The Kier molecular flexibility index (Phi) is 6.43. The van der Waals surface area contributed by atoms with Crippen LogP contribution in [0.2, 0.25) is 0 Å². The highest BCUT2D eigenvalue weighted by Crippen LogP contribution is 2.74. The minimum Gasteiger partial charge on any atom is -0.462 e. The molecular weight excluding hydrogens is 528 g/mol. The molecule has 0 aliphatic heterocycles. The van der Waals surface area contributed by atoms with Crippen molar-refractivity contribution in [1.82, 2.24) is 0 Å². The van der Waals surface area contributed by atoms with Crippen LogP contribution in [-0.2, 0) is 9.53 Å². The number of carbonyl (C=O) groups excluding carboxylic acids is 1. The van der Waals surface area contributed by atoms with Crippen LogP contribution >= 0.6 is 0 Å². The number of hydrogen-bond donors (Lipinski definition) is 1. The predicted molar refractivity (Wildman–Crippen MR) is 172 cm³/mol. The first-order valence-corrected chi connectivity index (χ1v) is 19.1. The fourth-order valence-corrected chi connectivity index (χ4v) is 16.5. The number of aliphatic hydroxyl groups is 1. The summed E-state index contributed by atoms with van der Waals surface area (Å²) in [6, 6.07) is 0. The molecule has 1 N–H and O–H groups in total. The van der Waals surface area contributed by atoms with Crippen LogP contribution in [0.1, 0.15) is 157 Å². The Balaban J connectivity index is 0.962. The van der Waals surface area contributed by atoms with Crippen molar-refractivity contribution in [2.24, 2.45) is 73.9 Å². The molecule has 0 radical (unpaired) electrons. The van der Waals surface area contributed by atoms with E-state index in [2.05, 4.69) is 41.5 Å². The molecule has 0 heterocycles. The van der Waals surface area contributed by atoms with Gasteiger partial charge >= 0.3 is 5.97 Å². The highest BCUT2D eigenvalue weighted by atomic mass is 16.5. The highest BCUT2D eigenvalue weighted by molar-refractivity contribution is 5.73. The molecule has 0 amide bonds. The molecule has 5 unspecified atom stereocenters. The molecule has 0 aromatic rings. The van der Waals surface area contributed by atoms with E-state index in [-0.39, 0.29) is 23.9 Å². The summed E-state index contributed by atoms with van der Waals surface area (Å²) >= 11 is 0. The standard InChI is InChI=1S/C40H64O3/c1-34(2)15-7-17-36(5)29(34)13-19-38-21-26(9-11-31(36)38)28(23-38)33(41)43-25-40(42)24-39-20-14-30-35(3,4)16-8-18-37(30,6)32(39)12-10-27(40)22-39/h26-32,42H,7-25H2,1-6H3/t26?,27?,28?,29-,30-,31+,32+,36-,37-,38?,39?,40-/m1/s1. The Hall–Kier alpha value is -0.570. The zero-order chi connectivity index (χ0) is 30.3. The number of ether oxygens (including phenoxy) is 1. The van der Waals surface area contributed by atoms with Crippen molar-refractivity contribution in [3.63, 3.8) is 0 Å². The maximum Gasteiger partial charge on any atom is 0.309 e. The maximum absolute atomic E-state index is 14.0. The average Bonchev–Trinajstić information content (AvgIpc) is 3.31. The number of rotatable bonds is 3. The van der Waals surface area contributed by atoms with Crippen molar-refractivity contribution in [2.45, 2.75) is 163 Å². The average molecular weight is 593 g/mol. The largest absolute Gasteiger partial charge is 0.462 e. The zero-order valence-electron chi connectivity index (χ0n) is 28.7. The minimum atomic E-state index is -0.814. The summed E-state index contributed by atoms with van der Waals surface area (Å²) in [4.78, 5) is 14.0. The lowest BCUT2D eigenvalue weighted by Gasteiger charge is -2.64. The van der Waals surface area contributed by atoms with Crippen molar-refractivity contribution in [2.75, 3.05) is 6.61 Å². The number of esters is 1. The van der Waals surface area contributed by atoms with Gasteiger partial charge < -0.3 is 9.84 Å². The molecule has 4 bridgehead atoms. The van der Waals surface area contributed by atoms with Gasteiger partial charge in [0, 0.05) is 0 Å². The van der Waals surface area contributed by atoms with Crippen LogP contribution in [0.15, 0.2) is 0 Å². The number of carbonyl (C=O) groups is 1. The van der Waals surface area contributed by atoms with Crippen molar-refractivity contribution in [3.05, 3.63) is 0 Å². The Morgan fingerprint density at radius 3 is 1.88 bits per heavy atom. The summed E-state index contributed by atoms with van der Waals surface area (Å²) in [5, 5.41) is 12.3. The van der Waals surface area contributed by atoms with Crippen LogP contribution in [0.4, 0.5) is 0 Å². The van der Waals surface area contributed by atoms with E-state index in [9.17, 15) is 9.90 Å². The summed E-state index contributed by atoms with van der Waals surface area (Å²) in [7, 11) is 0. The predicted octanol–water partition coefficient (Wildman–Crippen LogP) is 9.74. The Labute approximate surface area is 263 Å². The molecule has 0 aromatic carbocycles. The van der Waals surface area contributed by atoms with Gasteiger partial charge in [-0.15, -0.1) is 0 Å². The highest BCUT2D eigenvalue weighted by Gasteiger charge is 2.68. The van der Waals surface area contributed by atoms with Gasteiger partial charge in [-0.3, -0.25) is 4.79 Å². The first-order valence-electron chi connectivity index (χ1n) is 19.1. The third-order valence-corrected chi connectivity index (χ3v) is 17.8. The van der Waals surface area contributed by atoms with Crippen LogP contribution in [0.25, 0.3) is 0 Å². The summed E-state index contributed by atoms with van der Waals surface area (Å²) in [5.41, 5.74) is 1.57. The van der Waals surface area contributed by atoms with Gasteiger partial charge in [0.05, 0.1) is 5.92 Å². The van der Waals surface area contributed by atoms with Gasteiger partial charge in [0.2, 0.25) is 0 Å². The fourth-order valence-electron chi connectivity index (χ4n) is 16.5. The van der Waals surface area contributed by atoms with E-state index < -0.39 is 5.60 Å². The molecule has 0 saturated heterocycles. The molecule has 2 spiro atoms. The van der Waals surface area contributed by atoms with Gasteiger partial charge in [-0.2, -0.15) is 0 Å². The lowest BCUT2D eigenvalue weighted by molar-refractivity contribution is -0.161. The Morgan fingerprint density at radius 1 is 0.651 bits per heavy atom.